The van der Waals surface area contributed by atoms with Crippen LogP contribution in [-0.2, 0) is 4.79 Å². The van der Waals surface area contributed by atoms with E-state index in [-0.39, 0.29) is 5.91 Å². The number of nitrogens with zero attached hydrogens (tertiary/aromatic N) is 4. The number of rotatable bonds is 4. The zero-order valence-corrected chi connectivity index (χ0v) is 13.4. The topological polar surface area (TPSA) is 84.7 Å². The number of carbonyl (C=O) groups is 1. The molecule has 3 aromatic rings. The number of hydrogen-bond donors (Lipinski definition) is 2. The maximum absolute atomic E-state index is 11.4. The summed E-state index contributed by atoms with van der Waals surface area (Å²) in [5, 5.41) is 5.70. The van der Waals surface area contributed by atoms with E-state index >= 15 is 0 Å². The van der Waals surface area contributed by atoms with Crippen molar-refractivity contribution in [3.8, 4) is 5.69 Å². The average Bonchev–Trinajstić information content (AvgIpc) is 2.99. The van der Waals surface area contributed by atoms with E-state index < -0.39 is 0 Å². The van der Waals surface area contributed by atoms with Gasteiger partial charge in [-0.15, -0.1) is 0 Å². The molecule has 0 spiro atoms. The summed E-state index contributed by atoms with van der Waals surface area (Å²) in [4.78, 5) is 19.8. The van der Waals surface area contributed by atoms with Crippen LogP contribution in [0.2, 0.25) is 5.02 Å². The Kier molecular flexibility index (Phi) is 4.12. The van der Waals surface area contributed by atoms with Gasteiger partial charge in [0.1, 0.15) is 6.33 Å². The smallest absolute Gasteiger partial charge is 0.238 e. The van der Waals surface area contributed by atoms with Gasteiger partial charge in [-0.25, -0.2) is 14.6 Å². The minimum atomic E-state index is -0.130. The Hall–Kier alpha value is -2.67. The molecular weight excluding hydrogens is 316 g/mol. The van der Waals surface area contributed by atoms with Crippen LogP contribution in [0.1, 0.15) is 18.9 Å². The second kappa shape index (κ2) is 6.21. The standard InChI is InChI=1S/C15H15ClN6O/c1-3-13(23)20-21-14-11-7-19-22(15(11)18-8-17-14)12-6-10(16)5-4-9(12)2/h4-8H,3H2,1-2H3,(H,20,23)(H,17,18,21). The summed E-state index contributed by atoms with van der Waals surface area (Å²) in [5.74, 6) is 0.359. The quantitative estimate of drug-likeness (QED) is 0.718. The van der Waals surface area contributed by atoms with Crippen LogP contribution in [0.3, 0.4) is 0 Å². The van der Waals surface area contributed by atoms with E-state index in [0.717, 1.165) is 11.3 Å². The first-order valence-electron chi connectivity index (χ1n) is 7.10. The zero-order valence-electron chi connectivity index (χ0n) is 12.7. The number of aryl methyl sites for hydroxylation is 1. The van der Waals surface area contributed by atoms with Crippen molar-refractivity contribution in [3.63, 3.8) is 0 Å². The molecule has 0 radical (unpaired) electrons. The molecule has 1 amide bonds. The van der Waals surface area contributed by atoms with Gasteiger partial charge in [0.15, 0.2) is 11.5 Å². The van der Waals surface area contributed by atoms with Gasteiger partial charge < -0.3 is 0 Å². The lowest BCUT2D eigenvalue weighted by molar-refractivity contribution is -0.120. The number of carbonyl (C=O) groups excluding carboxylic acids is 1. The highest BCUT2D eigenvalue weighted by atomic mass is 35.5. The lowest BCUT2D eigenvalue weighted by Gasteiger charge is -2.09. The number of benzene rings is 1. The summed E-state index contributed by atoms with van der Waals surface area (Å²) in [6.45, 7) is 3.74. The monoisotopic (exact) mass is 330 g/mol. The molecule has 0 saturated carbocycles. The number of anilines is 1. The highest BCUT2D eigenvalue weighted by Gasteiger charge is 2.13. The summed E-state index contributed by atoms with van der Waals surface area (Å²) in [6.07, 6.45) is 3.44. The van der Waals surface area contributed by atoms with Crippen molar-refractivity contribution in [1.82, 2.24) is 25.2 Å². The zero-order chi connectivity index (χ0) is 16.4. The van der Waals surface area contributed by atoms with Crippen LogP contribution in [0.4, 0.5) is 5.82 Å². The Morgan fingerprint density at radius 2 is 2.17 bits per heavy atom. The van der Waals surface area contributed by atoms with Crippen LogP contribution in [0.5, 0.6) is 0 Å². The third-order valence-corrected chi connectivity index (χ3v) is 3.64. The largest absolute Gasteiger partial charge is 0.281 e. The average molecular weight is 331 g/mol. The molecule has 0 saturated heterocycles. The maximum Gasteiger partial charge on any atom is 0.238 e. The molecule has 8 heteroatoms. The Morgan fingerprint density at radius 1 is 1.35 bits per heavy atom. The number of aromatic nitrogens is 4. The minimum absolute atomic E-state index is 0.130. The van der Waals surface area contributed by atoms with Crippen LogP contribution >= 0.6 is 11.6 Å². The molecule has 7 nitrogen and oxygen atoms in total. The summed E-state index contributed by atoms with van der Waals surface area (Å²) in [6, 6.07) is 5.58. The van der Waals surface area contributed by atoms with Gasteiger partial charge in [-0.05, 0) is 24.6 Å². The van der Waals surface area contributed by atoms with E-state index in [2.05, 4.69) is 25.9 Å². The number of nitrogens with one attached hydrogen (secondary N) is 2. The van der Waals surface area contributed by atoms with Crippen LogP contribution in [0.15, 0.2) is 30.7 Å². The van der Waals surface area contributed by atoms with Gasteiger partial charge in [0.05, 0.1) is 17.3 Å². The van der Waals surface area contributed by atoms with Gasteiger partial charge in [0.25, 0.3) is 0 Å². The van der Waals surface area contributed by atoms with Gasteiger partial charge >= 0.3 is 0 Å². The summed E-state index contributed by atoms with van der Waals surface area (Å²) in [5.41, 5.74) is 7.86. The number of amides is 1. The van der Waals surface area contributed by atoms with E-state index in [1.165, 1.54) is 6.33 Å². The van der Waals surface area contributed by atoms with Crippen LogP contribution < -0.4 is 10.9 Å². The second-order valence-electron chi connectivity index (χ2n) is 4.97. The van der Waals surface area contributed by atoms with Gasteiger partial charge in [0, 0.05) is 11.4 Å². The first-order valence-corrected chi connectivity index (χ1v) is 7.48. The Labute approximate surface area is 137 Å². The van der Waals surface area contributed by atoms with Crippen LogP contribution in [0.25, 0.3) is 16.7 Å². The third kappa shape index (κ3) is 2.95. The van der Waals surface area contributed by atoms with E-state index in [1.54, 1.807) is 17.8 Å². The molecule has 0 bridgehead atoms. The predicted octanol–water partition coefficient (Wildman–Crippen LogP) is 2.63. The van der Waals surface area contributed by atoms with Crippen molar-refractivity contribution in [2.24, 2.45) is 0 Å². The first-order chi connectivity index (χ1) is 11.1. The van der Waals surface area contributed by atoms with Crippen molar-refractivity contribution < 1.29 is 4.79 Å². The molecule has 23 heavy (non-hydrogen) atoms. The first kappa shape index (κ1) is 15.2. The predicted molar refractivity (Wildman–Crippen MR) is 88.5 cm³/mol. The third-order valence-electron chi connectivity index (χ3n) is 3.41. The summed E-state index contributed by atoms with van der Waals surface area (Å²) >= 11 is 6.08. The van der Waals surface area contributed by atoms with Gasteiger partial charge in [-0.2, -0.15) is 5.10 Å². The summed E-state index contributed by atoms with van der Waals surface area (Å²) in [7, 11) is 0. The highest BCUT2D eigenvalue weighted by Crippen LogP contribution is 2.24. The number of halogens is 1. The van der Waals surface area contributed by atoms with Gasteiger partial charge in [-0.1, -0.05) is 24.6 Å². The fourth-order valence-corrected chi connectivity index (χ4v) is 2.31. The van der Waals surface area contributed by atoms with E-state index in [1.807, 2.05) is 25.1 Å². The molecule has 2 heterocycles. The molecule has 1 aromatic carbocycles. The molecule has 0 aliphatic carbocycles. The van der Waals surface area contributed by atoms with Gasteiger partial charge in [0.2, 0.25) is 5.91 Å². The van der Waals surface area contributed by atoms with Crippen molar-refractivity contribution in [2.45, 2.75) is 20.3 Å². The Balaban J connectivity index is 2.04. The van der Waals surface area contributed by atoms with Crippen molar-refractivity contribution >= 4 is 34.4 Å². The molecule has 0 aliphatic heterocycles. The molecule has 2 aromatic heterocycles. The van der Waals surface area contributed by atoms with E-state index in [4.69, 9.17) is 11.6 Å². The number of hydrogen-bond acceptors (Lipinski definition) is 5. The number of fused-ring (bicyclic) bond motifs is 1. The lowest BCUT2D eigenvalue weighted by Crippen LogP contribution is -2.29. The number of hydrazine groups is 1. The van der Waals surface area contributed by atoms with Crippen molar-refractivity contribution in [2.75, 3.05) is 5.43 Å². The van der Waals surface area contributed by atoms with Gasteiger partial charge in [-0.3, -0.25) is 15.6 Å². The van der Waals surface area contributed by atoms with Crippen molar-refractivity contribution in [1.29, 1.82) is 0 Å². The fourth-order valence-electron chi connectivity index (χ4n) is 2.15. The molecule has 0 fully saturated rings. The lowest BCUT2D eigenvalue weighted by atomic mass is 10.2. The second-order valence-corrected chi connectivity index (χ2v) is 5.41. The highest BCUT2D eigenvalue weighted by molar-refractivity contribution is 6.30. The normalized spacial score (nSPS) is 10.7. The molecule has 2 N–H and O–H groups in total. The van der Waals surface area contributed by atoms with Crippen LogP contribution in [-0.4, -0.2) is 25.7 Å². The molecule has 0 unspecified atom stereocenters. The molecule has 0 atom stereocenters. The molecular formula is C15H15ClN6O. The Morgan fingerprint density at radius 3 is 2.96 bits per heavy atom. The van der Waals surface area contributed by atoms with E-state index in [0.29, 0.717) is 28.3 Å². The molecule has 0 aliphatic rings. The fraction of sp³-hybridized carbons (Fsp3) is 0.200. The maximum atomic E-state index is 11.4. The summed E-state index contributed by atoms with van der Waals surface area (Å²) < 4.78 is 1.70. The van der Waals surface area contributed by atoms with Crippen LogP contribution in [0, 0.1) is 6.92 Å². The minimum Gasteiger partial charge on any atom is -0.281 e. The van der Waals surface area contributed by atoms with Crippen molar-refractivity contribution in [3.05, 3.63) is 41.3 Å². The SMILES string of the molecule is CCC(=O)NNc1ncnc2c1cnn2-c1cc(Cl)ccc1C. The van der Waals surface area contributed by atoms with E-state index in [9.17, 15) is 4.79 Å². The Bertz CT molecular complexity index is 876. The molecule has 118 valence electrons. The molecule has 3 rings (SSSR count).